The van der Waals surface area contributed by atoms with Crippen molar-refractivity contribution in [3.8, 4) is 0 Å². The van der Waals surface area contributed by atoms with Crippen LogP contribution in [0.2, 0.25) is 0 Å². The van der Waals surface area contributed by atoms with E-state index in [4.69, 9.17) is 5.11 Å². The minimum atomic E-state index is -0.180. The lowest BCUT2D eigenvalue weighted by molar-refractivity contribution is 0.230. The summed E-state index contributed by atoms with van der Waals surface area (Å²) in [6.07, 6.45) is 0. The molecular formula is C10H14N2O2. The summed E-state index contributed by atoms with van der Waals surface area (Å²) in [4.78, 5) is 12.7. The van der Waals surface area contributed by atoms with Gasteiger partial charge in [-0.15, -0.1) is 0 Å². The molecule has 4 heteroatoms. The van der Waals surface area contributed by atoms with Crippen LogP contribution < -0.4 is 5.32 Å². The van der Waals surface area contributed by atoms with E-state index < -0.39 is 0 Å². The Morgan fingerprint density at radius 3 is 2.79 bits per heavy atom. The van der Waals surface area contributed by atoms with Crippen molar-refractivity contribution >= 4 is 11.7 Å². The number of carbonyl (C=O) groups excluding carboxylic acids is 1. The van der Waals surface area contributed by atoms with Crippen LogP contribution in [0.25, 0.3) is 0 Å². The molecule has 1 aromatic rings. The number of aliphatic hydroxyl groups is 1. The highest BCUT2D eigenvalue weighted by Gasteiger charge is 2.03. The Morgan fingerprint density at radius 1 is 1.50 bits per heavy atom. The van der Waals surface area contributed by atoms with Crippen LogP contribution in [0.4, 0.5) is 10.5 Å². The number of aliphatic hydroxyl groups excluding tert-OH is 1. The average Bonchev–Trinajstić information content (AvgIpc) is 2.18. The molecule has 14 heavy (non-hydrogen) atoms. The molecule has 0 radical (unpaired) electrons. The van der Waals surface area contributed by atoms with E-state index in [0.29, 0.717) is 5.69 Å². The molecule has 1 rings (SSSR count). The first-order valence-electron chi connectivity index (χ1n) is 4.31. The molecule has 0 atom stereocenters. The van der Waals surface area contributed by atoms with Gasteiger partial charge in [0.2, 0.25) is 0 Å². The number of carbonyl (C=O) groups is 1. The minimum Gasteiger partial charge on any atom is -0.392 e. The minimum absolute atomic E-state index is 0.0221. The van der Waals surface area contributed by atoms with Crippen LogP contribution in [-0.2, 0) is 6.61 Å². The van der Waals surface area contributed by atoms with Gasteiger partial charge in [0, 0.05) is 19.8 Å². The Hall–Kier alpha value is -1.55. The molecule has 0 aliphatic heterocycles. The van der Waals surface area contributed by atoms with Gasteiger partial charge in [-0.1, -0.05) is 12.1 Å². The van der Waals surface area contributed by atoms with Gasteiger partial charge in [-0.05, 0) is 17.7 Å². The Bertz CT molecular complexity index is 324. The number of nitrogens with one attached hydrogen (secondary N) is 1. The molecule has 0 aliphatic carbocycles. The molecular weight excluding hydrogens is 180 g/mol. The number of urea groups is 1. The SMILES string of the molecule is CN(C)C(=O)Nc1cccc(CO)c1. The van der Waals surface area contributed by atoms with E-state index in [-0.39, 0.29) is 12.6 Å². The number of hydrogen-bond donors (Lipinski definition) is 2. The maximum atomic E-state index is 11.3. The third-order valence-electron chi connectivity index (χ3n) is 1.77. The molecule has 0 saturated carbocycles. The molecule has 2 amide bonds. The van der Waals surface area contributed by atoms with E-state index in [9.17, 15) is 4.79 Å². The Kier molecular flexibility index (Phi) is 3.48. The molecule has 0 heterocycles. The smallest absolute Gasteiger partial charge is 0.321 e. The van der Waals surface area contributed by atoms with Gasteiger partial charge in [-0.25, -0.2) is 4.79 Å². The van der Waals surface area contributed by atoms with Crippen LogP contribution >= 0.6 is 0 Å². The lowest BCUT2D eigenvalue weighted by Crippen LogP contribution is -2.27. The van der Waals surface area contributed by atoms with Crippen molar-refractivity contribution in [1.29, 1.82) is 0 Å². The predicted octanol–water partition coefficient (Wildman–Crippen LogP) is 1.27. The van der Waals surface area contributed by atoms with Crippen molar-refractivity contribution in [1.82, 2.24) is 4.90 Å². The molecule has 0 saturated heterocycles. The third kappa shape index (κ3) is 2.74. The number of anilines is 1. The molecule has 76 valence electrons. The highest BCUT2D eigenvalue weighted by atomic mass is 16.3. The van der Waals surface area contributed by atoms with E-state index >= 15 is 0 Å². The number of nitrogens with zero attached hydrogens (tertiary/aromatic N) is 1. The zero-order valence-corrected chi connectivity index (χ0v) is 8.32. The van der Waals surface area contributed by atoms with Gasteiger partial charge in [0.05, 0.1) is 6.61 Å². The molecule has 0 unspecified atom stereocenters. The molecule has 0 aliphatic rings. The van der Waals surface area contributed by atoms with Gasteiger partial charge in [0.25, 0.3) is 0 Å². The average molecular weight is 194 g/mol. The first kappa shape index (κ1) is 10.5. The van der Waals surface area contributed by atoms with Crippen LogP contribution in [0, 0.1) is 0 Å². The molecule has 0 spiro atoms. The maximum absolute atomic E-state index is 11.3. The summed E-state index contributed by atoms with van der Waals surface area (Å²) in [5.74, 6) is 0. The van der Waals surface area contributed by atoms with E-state index in [1.165, 1.54) is 4.90 Å². The van der Waals surface area contributed by atoms with Gasteiger partial charge < -0.3 is 15.3 Å². The molecule has 0 aromatic heterocycles. The molecule has 0 bridgehead atoms. The second-order valence-corrected chi connectivity index (χ2v) is 3.18. The zero-order valence-electron chi connectivity index (χ0n) is 8.32. The lowest BCUT2D eigenvalue weighted by Gasteiger charge is -2.12. The molecule has 2 N–H and O–H groups in total. The zero-order chi connectivity index (χ0) is 10.6. The first-order valence-corrected chi connectivity index (χ1v) is 4.31. The number of hydrogen-bond acceptors (Lipinski definition) is 2. The summed E-state index contributed by atoms with van der Waals surface area (Å²) < 4.78 is 0. The second kappa shape index (κ2) is 4.62. The maximum Gasteiger partial charge on any atom is 0.321 e. The van der Waals surface area contributed by atoms with Crippen molar-refractivity contribution in [2.24, 2.45) is 0 Å². The van der Waals surface area contributed by atoms with Crippen LogP contribution in [0.5, 0.6) is 0 Å². The fourth-order valence-corrected chi connectivity index (χ4v) is 0.983. The van der Waals surface area contributed by atoms with Crippen LogP contribution in [0.3, 0.4) is 0 Å². The van der Waals surface area contributed by atoms with E-state index in [2.05, 4.69) is 5.32 Å². The lowest BCUT2D eigenvalue weighted by atomic mass is 10.2. The van der Waals surface area contributed by atoms with Gasteiger partial charge in [0.15, 0.2) is 0 Å². The van der Waals surface area contributed by atoms with Crippen molar-refractivity contribution in [2.45, 2.75) is 6.61 Å². The van der Waals surface area contributed by atoms with Crippen LogP contribution in [0.15, 0.2) is 24.3 Å². The summed E-state index contributed by atoms with van der Waals surface area (Å²) in [5.41, 5.74) is 1.47. The van der Waals surface area contributed by atoms with Gasteiger partial charge in [0.1, 0.15) is 0 Å². The number of amides is 2. The predicted molar refractivity (Wildman–Crippen MR) is 55.1 cm³/mol. The van der Waals surface area contributed by atoms with E-state index in [0.717, 1.165) is 5.56 Å². The standard InChI is InChI=1S/C10H14N2O2/c1-12(2)10(14)11-9-5-3-4-8(6-9)7-13/h3-6,13H,7H2,1-2H3,(H,11,14). The molecule has 4 nitrogen and oxygen atoms in total. The topological polar surface area (TPSA) is 52.6 Å². The highest BCUT2D eigenvalue weighted by Crippen LogP contribution is 2.10. The van der Waals surface area contributed by atoms with Gasteiger partial charge in [-0.3, -0.25) is 0 Å². The Morgan fingerprint density at radius 2 is 2.21 bits per heavy atom. The highest BCUT2D eigenvalue weighted by molar-refractivity contribution is 5.88. The van der Waals surface area contributed by atoms with Gasteiger partial charge in [-0.2, -0.15) is 0 Å². The normalized spacial score (nSPS) is 9.64. The summed E-state index contributed by atoms with van der Waals surface area (Å²) in [6.45, 7) is -0.0221. The molecule has 0 fully saturated rings. The second-order valence-electron chi connectivity index (χ2n) is 3.18. The largest absolute Gasteiger partial charge is 0.392 e. The van der Waals surface area contributed by atoms with Crippen molar-refractivity contribution in [2.75, 3.05) is 19.4 Å². The molecule has 1 aromatic carbocycles. The quantitative estimate of drug-likeness (QED) is 0.745. The van der Waals surface area contributed by atoms with Crippen LogP contribution in [-0.4, -0.2) is 30.1 Å². The van der Waals surface area contributed by atoms with Crippen LogP contribution in [0.1, 0.15) is 5.56 Å². The third-order valence-corrected chi connectivity index (χ3v) is 1.77. The first-order chi connectivity index (χ1) is 6.63. The Balaban J connectivity index is 2.72. The summed E-state index contributed by atoms with van der Waals surface area (Å²) in [7, 11) is 3.34. The fraction of sp³-hybridized carbons (Fsp3) is 0.300. The monoisotopic (exact) mass is 194 g/mol. The summed E-state index contributed by atoms with van der Waals surface area (Å²) >= 11 is 0. The Labute approximate surface area is 83.2 Å². The number of benzene rings is 1. The van der Waals surface area contributed by atoms with Gasteiger partial charge >= 0.3 is 6.03 Å². The van der Waals surface area contributed by atoms with E-state index in [1.54, 1.807) is 38.4 Å². The summed E-state index contributed by atoms with van der Waals surface area (Å²) in [6, 6.07) is 6.92. The summed E-state index contributed by atoms with van der Waals surface area (Å²) in [5, 5.41) is 11.6. The fourth-order valence-electron chi connectivity index (χ4n) is 0.983. The number of rotatable bonds is 2. The van der Waals surface area contributed by atoms with Crippen molar-refractivity contribution < 1.29 is 9.90 Å². The van der Waals surface area contributed by atoms with E-state index in [1.807, 2.05) is 0 Å². The van der Waals surface area contributed by atoms with Crippen molar-refractivity contribution in [3.05, 3.63) is 29.8 Å². The van der Waals surface area contributed by atoms with Crippen molar-refractivity contribution in [3.63, 3.8) is 0 Å².